The maximum absolute atomic E-state index is 12.2. The summed E-state index contributed by atoms with van der Waals surface area (Å²) in [6.45, 7) is 1.47. The number of rotatable bonds is 4. The van der Waals surface area contributed by atoms with Gasteiger partial charge in [-0.2, -0.15) is 0 Å². The highest BCUT2D eigenvalue weighted by Gasteiger charge is 2.44. The second kappa shape index (κ2) is 5.69. The molecule has 1 saturated carbocycles. The molecular formula is C16H16N2O2S. The fourth-order valence-electron chi connectivity index (χ4n) is 2.38. The van der Waals surface area contributed by atoms with Crippen LogP contribution in [0, 0.1) is 5.92 Å². The molecule has 0 saturated heterocycles. The minimum atomic E-state index is -0.108. The zero-order chi connectivity index (χ0) is 14.8. The lowest BCUT2D eigenvalue weighted by Gasteiger charge is -2.06. The molecule has 1 aromatic carbocycles. The Morgan fingerprint density at radius 2 is 1.76 bits per heavy atom. The van der Waals surface area contributed by atoms with E-state index in [0.717, 1.165) is 17.8 Å². The Morgan fingerprint density at radius 3 is 2.33 bits per heavy atom. The summed E-state index contributed by atoms with van der Waals surface area (Å²) in [5.41, 5.74) is 1.48. The standard InChI is InChI=1S/C16H16N2O2S/c1-10(19)17-11-4-6-12(7-5-11)18-16(20)14-9-13(14)15-3-2-8-21-15/h2-8,13-14H,9H2,1H3,(H,17,19)(H,18,20). The summed E-state index contributed by atoms with van der Waals surface area (Å²) in [4.78, 5) is 24.4. The number of anilines is 2. The van der Waals surface area contributed by atoms with Crippen molar-refractivity contribution in [3.05, 3.63) is 46.7 Å². The molecule has 2 amide bonds. The number of carbonyl (C=O) groups excluding carboxylic acids is 2. The van der Waals surface area contributed by atoms with Crippen molar-refractivity contribution in [2.24, 2.45) is 5.92 Å². The molecule has 0 spiro atoms. The van der Waals surface area contributed by atoms with Crippen LogP contribution in [0.4, 0.5) is 11.4 Å². The predicted octanol–water partition coefficient (Wildman–Crippen LogP) is 3.45. The first-order chi connectivity index (χ1) is 10.1. The lowest BCUT2D eigenvalue weighted by Crippen LogP contribution is -2.14. The highest BCUT2D eigenvalue weighted by atomic mass is 32.1. The van der Waals surface area contributed by atoms with Crippen LogP contribution < -0.4 is 10.6 Å². The lowest BCUT2D eigenvalue weighted by molar-refractivity contribution is -0.117. The Kier molecular flexibility index (Phi) is 3.75. The molecule has 2 atom stereocenters. The molecule has 2 unspecified atom stereocenters. The van der Waals surface area contributed by atoms with Crippen molar-refractivity contribution in [2.75, 3.05) is 10.6 Å². The SMILES string of the molecule is CC(=O)Nc1ccc(NC(=O)C2CC2c2cccs2)cc1. The topological polar surface area (TPSA) is 58.2 Å². The van der Waals surface area contributed by atoms with Crippen LogP contribution in [0.5, 0.6) is 0 Å². The predicted molar refractivity (Wildman–Crippen MR) is 84.5 cm³/mol. The van der Waals surface area contributed by atoms with Crippen LogP contribution in [0.15, 0.2) is 41.8 Å². The van der Waals surface area contributed by atoms with E-state index in [1.54, 1.807) is 35.6 Å². The van der Waals surface area contributed by atoms with E-state index in [2.05, 4.69) is 16.7 Å². The van der Waals surface area contributed by atoms with Gasteiger partial charge in [0.2, 0.25) is 11.8 Å². The smallest absolute Gasteiger partial charge is 0.228 e. The van der Waals surface area contributed by atoms with Crippen LogP contribution in [-0.2, 0) is 9.59 Å². The number of nitrogens with one attached hydrogen (secondary N) is 2. The summed E-state index contributed by atoms with van der Waals surface area (Å²) < 4.78 is 0. The third-order valence-electron chi connectivity index (χ3n) is 3.51. The molecule has 4 nitrogen and oxygen atoms in total. The van der Waals surface area contributed by atoms with Gasteiger partial charge < -0.3 is 10.6 Å². The van der Waals surface area contributed by atoms with Crippen molar-refractivity contribution in [2.45, 2.75) is 19.3 Å². The molecule has 5 heteroatoms. The third kappa shape index (κ3) is 3.31. The van der Waals surface area contributed by atoms with Gasteiger partial charge in [0, 0.05) is 35.0 Å². The van der Waals surface area contributed by atoms with Crippen molar-refractivity contribution in [3.8, 4) is 0 Å². The van der Waals surface area contributed by atoms with Gasteiger partial charge in [-0.1, -0.05) is 6.07 Å². The van der Waals surface area contributed by atoms with E-state index in [1.165, 1.54) is 11.8 Å². The highest BCUT2D eigenvalue weighted by molar-refractivity contribution is 7.10. The largest absolute Gasteiger partial charge is 0.326 e. The van der Waals surface area contributed by atoms with Crippen LogP contribution in [-0.4, -0.2) is 11.8 Å². The fourth-order valence-corrected chi connectivity index (χ4v) is 3.28. The first-order valence-corrected chi connectivity index (χ1v) is 7.73. The average Bonchev–Trinajstić information content (AvgIpc) is 3.07. The average molecular weight is 300 g/mol. The Labute approximate surface area is 127 Å². The molecule has 1 fully saturated rings. The molecule has 1 aromatic heterocycles. The minimum Gasteiger partial charge on any atom is -0.326 e. The summed E-state index contributed by atoms with van der Waals surface area (Å²) in [7, 11) is 0. The lowest BCUT2D eigenvalue weighted by atomic mass is 10.2. The highest BCUT2D eigenvalue weighted by Crippen LogP contribution is 2.49. The summed E-state index contributed by atoms with van der Waals surface area (Å²) in [5, 5.41) is 7.67. The molecule has 2 aromatic rings. The summed E-state index contributed by atoms with van der Waals surface area (Å²) >= 11 is 1.71. The van der Waals surface area contributed by atoms with Crippen molar-refractivity contribution in [3.63, 3.8) is 0 Å². The Hall–Kier alpha value is -2.14. The van der Waals surface area contributed by atoms with Crippen molar-refractivity contribution in [1.82, 2.24) is 0 Å². The molecule has 1 aliphatic carbocycles. The van der Waals surface area contributed by atoms with E-state index < -0.39 is 0 Å². The second-order valence-electron chi connectivity index (χ2n) is 5.21. The maximum Gasteiger partial charge on any atom is 0.228 e. The number of hydrogen-bond donors (Lipinski definition) is 2. The van der Waals surface area contributed by atoms with Crippen LogP contribution in [0.3, 0.4) is 0 Å². The molecule has 108 valence electrons. The fraction of sp³-hybridized carbons (Fsp3) is 0.250. The molecule has 2 N–H and O–H groups in total. The molecule has 0 aliphatic heterocycles. The van der Waals surface area contributed by atoms with Gasteiger partial charge in [-0.25, -0.2) is 0 Å². The van der Waals surface area contributed by atoms with Gasteiger partial charge in [-0.3, -0.25) is 9.59 Å². The first-order valence-electron chi connectivity index (χ1n) is 6.85. The number of thiophene rings is 1. The number of amides is 2. The van der Waals surface area contributed by atoms with Gasteiger partial charge >= 0.3 is 0 Å². The van der Waals surface area contributed by atoms with Crippen molar-refractivity contribution in [1.29, 1.82) is 0 Å². The van der Waals surface area contributed by atoms with Gasteiger partial charge in [0.1, 0.15) is 0 Å². The molecule has 0 radical (unpaired) electrons. The van der Waals surface area contributed by atoms with Crippen LogP contribution in [0.25, 0.3) is 0 Å². The molecule has 1 heterocycles. The van der Waals surface area contributed by atoms with E-state index in [-0.39, 0.29) is 17.7 Å². The first kappa shape index (κ1) is 13.8. The van der Waals surface area contributed by atoms with Gasteiger partial charge in [0.05, 0.1) is 0 Å². The van der Waals surface area contributed by atoms with Gasteiger partial charge in [0.25, 0.3) is 0 Å². The number of benzene rings is 1. The van der Waals surface area contributed by atoms with E-state index in [1.807, 2.05) is 11.4 Å². The van der Waals surface area contributed by atoms with Crippen molar-refractivity contribution < 1.29 is 9.59 Å². The molecule has 21 heavy (non-hydrogen) atoms. The molecule has 0 bridgehead atoms. The monoisotopic (exact) mass is 300 g/mol. The Bertz CT molecular complexity index is 649. The zero-order valence-electron chi connectivity index (χ0n) is 11.6. The Morgan fingerprint density at radius 1 is 1.10 bits per heavy atom. The van der Waals surface area contributed by atoms with E-state index in [9.17, 15) is 9.59 Å². The van der Waals surface area contributed by atoms with Gasteiger partial charge in [0.15, 0.2) is 0 Å². The minimum absolute atomic E-state index is 0.0701. The van der Waals surface area contributed by atoms with Crippen LogP contribution in [0.1, 0.15) is 24.1 Å². The molecule has 3 rings (SSSR count). The number of carbonyl (C=O) groups is 2. The van der Waals surface area contributed by atoms with Gasteiger partial charge in [-0.05, 0) is 42.1 Å². The van der Waals surface area contributed by atoms with E-state index in [0.29, 0.717) is 5.92 Å². The third-order valence-corrected chi connectivity index (χ3v) is 4.51. The Balaban J connectivity index is 1.57. The zero-order valence-corrected chi connectivity index (χ0v) is 12.4. The van der Waals surface area contributed by atoms with Crippen molar-refractivity contribution >= 4 is 34.5 Å². The maximum atomic E-state index is 12.2. The molecular weight excluding hydrogens is 284 g/mol. The van der Waals surface area contributed by atoms with E-state index >= 15 is 0 Å². The van der Waals surface area contributed by atoms with Crippen LogP contribution >= 0.6 is 11.3 Å². The summed E-state index contributed by atoms with van der Waals surface area (Å²) in [6, 6.07) is 11.3. The second-order valence-corrected chi connectivity index (χ2v) is 6.19. The summed E-state index contributed by atoms with van der Waals surface area (Å²) in [6.07, 6.45) is 0.927. The van der Waals surface area contributed by atoms with Gasteiger partial charge in [-0.15, -0.1) is 11.3 Å². The normalized spacial score (nSPS) is 19.9. The quantitative estimate of drug-likeness (QED) is 0.908. The van der Waals surface area contributed by atoms with E-state index in [4.69, 9.17) is 0 Å². The summed E-state index contributed by atoms with van der Waals surface area (Å²) in [5.74, 6) is 0.423. The van der Waals surface area contributed by atoms with Crippen LogP contribution in [0.2, 0.25) is 0 Å². The molecule has 1 aliphatic rings. The number of hydrogen-bond acceptors (Lipinski definition) is 3.